The molecular formula is C22H22F3N7O3S. The highest BCUT2D eigenvalue weighted by Crippen LogP contribution is 2.34. The van der Waals surface area contributed by atoms with Gasteiger partial charge in [-0.15, -0.1) is 16.9 Å². The summed E-state index contributed by atoms with van der Waals surface area (Å²) in [5.74, 6) is -0.578. The van der Waals surface area contributed by atoms with Gasteiger partial charge in [-0.2, -0.15) is 13.2 Å². The van der Waals surface area contributed by atoms with Crippen molar-refractivity contribution >= 4 is 41.0 Å². The van der Waals surface area contributed by atoms with Crippen LogP contribution in [0.3, 0.4) is 0 Å². The minimum Gasteiger partial charge on any atom is -0.363 e. The van der Waals surface area contributed by atoms with Crippen molar-refractivity contribution in [2.45, 2.75) is 30.3 Å². The van der Waals surface area contributed by atoms with Gasteiger partial charge in [0.15, 0.2) is 0 Å². The lowest BCUT2D eigenvalue weighted by atomic mass is 10.1. The fourth-order valence-corrected chi connectivity index (χ4v) is 4.09. The minimum atomic E-state index is -4.56. The quantitative estimate of drug-likeness (QED) is 0.468. The number of halogens is 3. The van der Waals surface area contributed by atoms with E-state index < -0.39 is 24.4 Å². The zero-order valence-electron chi connectivity index (χ0n) is 19.0. The van der Waals surface area contributed by atoms with Gasteiger partial charge in [-0.05, 0) is 11.6 Å². The van der Waals surface area contributed by atoms with E-state index in [-0.39, 0.29) is 17.5 Å². The third-order valence-corrected chi connectivity index (χ3v) is 5.80. The van der Waals surface area contributed by atoms with Crippen LogP contribution in [-0.4, -0.2) is 56.9 Å². The van der Waals surface area contributed by atoms with E-state index in [1.165, 1.54) is 28.9 Å². The third kappa shape index (κ3) is 7.80. The Morgan fingerprint density at radius 3 is 2.61 bits per heavy atom. The molecule has 14 heteroatoms. The zero-order chi connectivity index (χ0) is 26.3. The minimum absolute atomic E-state index is 0.0286. The fourth-order valence-electron chi connectivity index (χ4n) is 3.06. The van der Waals surface area contributed by atoms with Gasteiger partial charge in [0.2, 0.25) is 17.6 Å². The van der Waals surface area contributed by atoms with Crippen molar-refractivity contribution in [3.63, 3.8) is 0 Å². The maximum Gasteiger partial charge on any atom is 0.397 e. The number of hydrogen-bond acceptors (Lipinski definition) is 7. The Balaban J connectivity index is 0.000000212. The van der Waals surface area contributed by atoms with Crippen LogP contribution >= 0.6 is 11.8 Å². The molecule has 4 N–H and O–H groups in total. The molecule has 10 nitrogen and oxygen atoms in total. The summed E-state index contributed by atoms with van der Waals surface area (Å²) in [5.41, 5.74) is 6.72. The summed E-state index contributed by atoms with van der Waals surface area (Å²) < 4.78 is 36.3. The summed E-state index contributed by atoms with van der Waals surface area (Å²) in [6.45, 7) is 0. The molecule has 3 heterocycles. The van der Waals surface area contributed by atoms with Gasteiger partial charge in [-0.1, -0.05) is 30.3 Å². The van der Waals surface area contributed by atoms with Gasteiger partial charge in [0.05, 0.1) is 11.9 Å². The number of rotatable bonds is 5. The molecule has 3 aromatic rings. The zero-order valence-corrected chi connectivity index (χ0v) is 19.8. The van der Waals surface area contributed by atoms with Crippen molar-refractivity contribution < 1.29 is 27.6 Å². The Hall–Kier alpha value is -3.94. The highest BCUT2D eigenvalue weighted by Gasteiger charge is 2.31. The summed E-state index contributed by atoms with van der Waals surface area (Å²) >= 11 is 1.40. The largest absolute Gasteiger partial charge is 0.397 e. The molecule has 1 aliphatic heterocycles. The average Bonchev–Trinajstić information content (AvgIpc) is 3.22. The standard InChI is InChI=1S/C12H12F3N3O2S.C10H10N4O/c1-18-7-6-16-9(17-10(19)5-12(13,14)15)4-8(7)21-3-2-11(18)20;11-9(15)10-12-8(13-14-10)6-7-4-2-1-3-5-7/h4,6H,2-3,5H2,1H3,(H,16,17,19);1-5H,6H2,(H2,11,15)(H,12,13,14). The van der Waals surface area contributed by atoms with Crippen LogP contribution in [0.5, 0.6) is 0 Å². The number of carbonyl (C=O) groups is 3. The molecular weight excluding hydrogens is 499 g/mol. The van der Waals surface area contributed by atoms with Gasteiger partial charge >= 0.3 is 6.18 Å². The molecule has 0 atom stereocenters. The van der Waals surface area contributed by atoms with Gasteiger partial charge in [0.25, 0.3) is 5.91 Å². The Morgan fingerprint density at radius 1 is 1.25 bits per heavy atom. The number of carbonyl (C=O) groups excluding carboxylic acids is 3. The molecule has 0 saturated carbocycles. The van der Waals surface area contributed by atoms with Gasteiger partial charge in [0, 0.05) is 30.5 Å². The molecule has 190 valence electrons. The number of aromatic amines is 1. The van der Waals surface area contributed by atoms with Crippen molar-refractivity contribution in [3.8, 4) is 0 Å². The Morgan fingerprint density at radius 2 is 1.97 bits per heavy atom. The normalized spacial score (nSPS) is 13.2. The number of anilines is 2. The molecule has 0 saturated heterocycles. The molecule has 2 aromatic heterocycles. The number of alkyl halides is 3. The average molecular weight is 522 g/mol. The number of thioether (sulfide) groups is 1. The Bertz CT molecular complexity index is 1240. The number of aromatic nitrogens is 4. The van der Waals surface area contributed by atoms with Crippen molar-refractivity contribution in [1.29, 1.82) is 0 Å². The molecule has 0 aliphatic carbocycles. The molecule has 1 aromatic carbocycles. The monoisotopic (exact) mass is 521 g/mol. The van der Waals surface area contributed by atoms with E-state index in [0.29, 0.717) is 35.0 Å². The topological polar surface area (TPSA) is 147 Å². The van der Waals surface area contributed by atoms with E-state index >= 15 is 0 Å². The van der Waals surface area contributed by atoms with Crippen LogP contribution in [0, 0.1) is 0 Å². The number of nitrogens with two attached hydrogens (primary N) is 1. The SMILES string of the molecule is CN1C(=O)CCSc2cc(NC(=O)CC(F)(F)F)ncc21.NC(=O)c1n[nH]c(Cc2ccccc2)n1. The van der Waals surface area contributed by atoms with E-state index in [1.807, 2.05) is 30.3 Å². The molecule has 1 aliphatic rings. The number of amides is 3. The number of nitrogens with one attached hydrogen (secondary N) is 2. The first-order chi connectivity index (χ1) is 17.0. The number of benzene rings is 1. The maximum absolute atomic E-state index is 12.1. The number of fused-ring (bicyclic) bond motifs is 1. The highest BCUT2D eigenvalue weighted by molar-refractivity contribution is 7.99. The van der Waals surface area contributed by atoms with Crippen molar-refractivity contribution in [2.24, 2.45) is 5.73 Å². The van der Waals surface area contributed by atoms with Gasteiger partial charge < -0.3 is 16.0 Å². The van der Waals surface area contributed by atoms with E-state index in [9.17, 15) is 27.6 Å². The van der Waals surface area contributed by atoms with E-state index in [0.717, 1.165) is 5.56 Å². The van der Waals surface area contributed by atoms with Crippen LogP contribution in [0.25, 0.3) is 0 Å². The summed E-state index contributed by atoms with van der Waals surface area (Å²) in [6.07, 6.45) is -3.77. The first kappa shape index (κ1) is 26.7. The number of primary amides is 1. The maximum atomic E-state index is 12.1. The molecule has 36 heavy (non-hydrogen) atoms. The number of pyridine rings is 1. The second-order valence-corrected chi connectivity index (χ2v) is 8.70. The fraction of sp³-hybridized carbons (Fsp3) is 0.273. The Kier molecular flexibility index (Phi) is 8.64. The summed E-state index contributed by atoms with van der Waals surface area (Å²) in [6, 6.07) is 11.3. The van der Waals surface area contributed by atoms with Crippen LogP contribution < -0.4 is 16.0 Å². The summed E-state index contributed by atoms with van der Waals surface area (Å²) in [7, 11) is 1.61. The first-order valence-electron chi connectivity index (χ1n) is 10.5. The van der Waals surface area contributed by atoms with Crippen molar-refractivity contribution in [2.75, 3.05) is 23.0 Å². The van der Waals surface area contributed by atoms with Gasteiger partial charge in [-0.3, -0.25) is 19.5 Å². The van der Waals surface area contributed by atoms with Crippen LogP contribution in [0.15, 0.2) is 47.5 Å². The lowest BCUT2D eigenvalue weighted by Gasteiger charge is -2.17. The predicted octanol–water partition coefficient (Wildman–Crippen LogP) is 2.93. The molecule has 0 fully saturated rings. The van der Waals surface area contributed by atoms with Crippen LogP contribution in [0.2, 0.25) is 0 Å². The van der Waals surface area contributed by atoms with Gasteiger partial charge in [-0.25, -0.2) is 9.97 Å². The van der Waals surface area contributed by atoms with Crippen molar-refractivity contribution in [1.82, 2.24) is 20.2 Å². The lowest BCUT2D eigenvalue weighted by molar-refractivity contribution is -0.150. The predicted molar refractivity (Wildman–Crippen MR) is 126 cm³/mol. The molecule has 0 bridgehead atoms. The number of H-pyrrole nitrogens is 1. The third-order valence-electron chi connectivity index (χ3n) is 4.75. The summed E-state index contributed by atoms with van der Waals surface area (Å²) in [4.78, 5) is 43.7. The molecule has 0 spiro atoms. The van der Waals surface area contributed by atoms with Crippen LogP contribution in [0.4, 0.5) is 24.7 Å². The van der Waals surface area contributed by atoms with Crippen LogP contribution in [-0.2, 0) is 16.0 Å². The highest BCUT2D eigenvalue weighted by atomic mass is 32.2. The van der Waals surface area contributed by atoms with E-state index in [1.54, 1.807) is 7.05 Å². The molecule has 4 rings (SSSR count). The van der Waals surface area contributed by atoms with Crippen LogP contribution in [0.1, 0.15) is 34.8 Å². The second kappa shape index (κ2) is 11.7. The van der Waals surface area contributed by atoms with Crippen molar-refractivity contribution in [3.05, 3.63) is 59.8 Å². The number of nitrogens with zero attached hydrogens (tertiary/aromatic N) is 4. The number of hydrogen-bond donors (Lipinski definition) is 3. The summed E-state index contributed by atoms with van der Waals surface area (Å²) in [5, 5.41) is 8.48. The lowest BCUT2D eigenvalue weighted by Crippen LogP contribution is -2.25. The van der Waals surface area contributed by atoms with E-state index in [4.69, 9.17) is 5.73 Å². The molecule has 3 amide bonds. The van der Waals surface area contributed by atoms with Gasteiger partial charge in [0.1, 0.15) is 18.1 Å². The Labute approximate surface area is 207 Å². The molecule has 0 radical (unpaired) electrons. The first-order valence-corrected chi connectivity index (χ1v) is 11.5. The second-order valence-electron chi connectivity index (χ2n) is 7.56. The smallest absolute Gasteiger partial charge is 0.363 e. The van der Waals surface area contributed by atoms with E-state index in [2.05, 4.69) is 25.5 Å². The molecule has 0 unspecified atom stereocenters.